The minimum absolute atomic E-state index is 0.0428. The number of rotatable bonds is 9. The first-order valence-electron chi connectivity index (χ1n) is 12.5. The van der Waals surface area contributed by atoms with Crippen LogP contribution in [-0.4, -0.2) is 68.1 Å². The van der Waals surface area contributed by atoms with Gasteiger partial charge in [0.15, 0.2) is 0 Å². The van der Waals surface area contributed by atoms with Crippen molar-refractivity contribution in [2.24, 2.45) is 16.6 Å². The molecule has 1 rings (SSSR count). The van der Waals surface area contributed by atoms with Gasteiger partial charge in [0.2, 0.25) is 5.91 Å². The Morgan fingerprint density at radius 3 is 2.08 bits per heavy atom. The smallest absolute Gasteiger partial charge is 0.328 e. The van der Waals surface area contributed by atoms with Crippen molar-refractivity contribution in [3.05, 3.63) is 24.3 Å². The molecule has 1 amide bonds. The summed E-state index contributed by atoms with van der Waals surface area (Å²) >= 11 is 0. The zero-order valence-corrected chi connectivity index (χ0v) is 24.2. The molecule has 0 spiro atoms. The molecule has 1 saturated heterocycles. The summed E-state index contributed by atoms with van der Waals surface area (Å²) < 4.78 is 14.8. The number of aldehydes is 1. The summed E-state index contributed by atoms with van der Waals surface area (Å²) in [7, 11) is 3.25. The van der Waals surface area contributed by atoms with Gasteiger partial charge in [0, 0.05) is 26.7 Å². The first-order valence-corrected chi connectivity index (χ1v) is 12.5. The number of aliphatic carboxylic acids is 1. The van der Waals surface area contributed by atoms with E-state index in [2.05, 4.69) is 9.73 Å². The largest absolute Gasteiger partial charge is 0.478 e. The van der Waals surface area contributed by atoms with Crippen LogP contribution in [-0.2, 0) is 33.4 Å². The van der Waals surface area contributed by atoms with E-state index in [0.29, 0.717) is 31.3 Å². The zero-order chi connectivity index (χ0) is 29.6. The molecule has 0 bridgehead atoms. The highest BCUT2D eigenvalue weighted by Gasteiger charge is 2.23. The normalized spacial score (nSPS) is 16.2. The summed E-state index contributed by atoms with van der Waals surface area (Å²) in [6.45, 7) is 14.0. The molecule has 0 aliphatic carbocycles. The monoisotopic (exact) mass is 530 g/mol. The molecule has 2 atom stereocenters. The maximum absolute atomic E-state index is 11.1. The predicted octanol–water partition coefficient (Wildman–Crippen LogP) is 4.50. The molecule has 216 valence electrons. The van der Waals surface area contributed by atoms with Crippen LogP contribution in [0.15, 0.2) is 29.3 Å². The van der Waals surface area contributed by atoms with Crippen molar-refractivity contribution in [3.63, 3.8) is 0 Å². The van der Waals surface area contributed by atoms with Crippen LogP contribution in [0.5, 0.6) is 0 Å². The van der Waals surface area contributed by atoms with E-state index in [4.69, 9.17) is 20.3 Å². The standard InChI is InChI=1S/C10H18O3.C9H16N2O.C4H4O3.C2H6O.C2H6/c1-7(2)10(11)12-6-9-5-4-8(3)13-9;1-3-5-7-9(12)11-8(10)6-4-2;5-3-1-2-4(6)7;1-3-2;1-2/h7-9H,4-6H2,1-3H3;4,6H,3,5,7H2,1-2H3,(H2,10,11,12);1-3H,(H,6,7);1-2H3;1-2H3/b;6-4-;2-1-;;. The molecular weight excluding hydrogens is 480 g/mol. The molecular formula is C27H50N2O8. The number of nitrogens with two attached hydrogens (primary N) is 1. The van der Waals surface area contributed by atoms with Crippen molar-refractivity contribution in [1.82, 2.24) is 0 Å². The van der Waals surface area contributed by atoms with Gasteiger partial charge in [-0.25, -0.2) is 4.79 Å². The van der Waals surface area contributed by atoms with E-state index in [1.165, 1.54) is 0 Å². The highest BCUT2D eigenvalue weighted by Crippen LogP contribution is 2.19. The number of methoxy groups -OCH3 is 1. The summed E-state index contributed by atoms with van der Waals surface area (Å²) in [5.41, 5.74) is 5.40. The third-order valence-corrected chi connectivity index (χ3v) is 3.86. The molecule has 0 aromatic heterocycles. The van der Waals surface area contributed by atoms with E-state index >= 15 is 0 Å². The molecule has 37 heavy (non-hydrogen) atoms. The average molecular weight is 531 g/mol. The minimum Gasteiger partial charge on any atom is -0.478 e. The number of carboxylic acids is 1. The quantitative estimate of drug-likeness (QED) is 0.144. The van der Waals surface area contributed by atoms with Gasteiger partial charge in [0.25, 0.3) is 0 Å². The number of ether oxygens (including phenoxy) is 3. The van der Waals surface area contributed by atoms with Gasteiger partial charge < -0.3 is 25.1 Å². The van der Waals surface area contributed by atoms with Crippen LogP contribution in [0.25, 0.3) is 0 Å². The summed E-state index contributed by atoms with van der Waals surface area (Å²) in [6, 6.07) is 0. The Morgan fingerprint density at radius 2 is 1.73 bits per heavy atom. The summed E-state index contributed by atoms with van der Waals surface area (Å²) in [6.07, 6.45) is 10.4. The number of amidine groups is 1. The molecule has 0 aromatic carbocycles. The van der Waals surface area contributed by atoms with Gasteiger partial charge in [-0.3, -0.25) is 14.4 Å². The Labute approximate surface area is 223 Å². The highest BCUT2D eigenvalue weighted by atomic mass is 16.6. The SMILES string of the molecule is C/C=C\C(N)=NC(=O)CCCC.CC.CC1CCC(COC(=O)C(C)C)O1.COC.O=C/C=C\C(=O)O. The third kappa shape index (κ3) is 35.4. The molecule has 10 heteroatoms. The third-order valence-electron chi connectivity index (χ3n) is 3.86. The van der Waals surface area contributed by atoms with Gasteiger partial charge in [0.05, 0.1) is 18.1 Å². The van der Waals surface area contributed by atoms with E-state index < -0.39 is 5.97 Å². The Bertz CT molecular complexity index is 673. The van der Waals surface area contributed by atoms with E-state index in [-0.39, 0.29) is 23.9 Å². The van der Waals surface area contributed by atoms with Gasteiger partial charge in [-0.15, -0.1) is 0 Å². The van der Waals surface area contributed by atoms with E-state index in [9.17, 15) is 19.2 Å². The number of nitrogens with zero attached hydrogens (tertiary/aromatic N) is 1. The molecule has 1 fully saturated rings. The number of amides is 1. The minimum atomic E-state index is -1.10. The lowest BCUT2D eigenvalue weighted by atomic mass is 10.2. The first kappa shape index (κ1) is 41.3. The number of aliphatic imine (C=N–C) groups is 1. The predicted molar refractivity (Wildman–Crippen MR) is 147 cm³/mol. The number of carbonyl (C=O) groups is 4. The molecule has 1 aliphatic heterocycles. The fourth-order valence-electron chi connectivity index (χ4n) is 2.21. The maximum atomic E-state index is 11.1. The number of hydrogen-bond acceptors (Lipinski definition) is 7. The average Bonchev–Trinajstić information content (AvgIpc) is 3.27. The Morgan fingerprint density at radius 1 is 1.16 bits per heavy atom. The lowest BCUT2D eigenvalue weighted by Gasteiger charge is -2.12. The second kappa shape index (κ2) is 31.2. The molecule has 2 unspecified atom stereocenters. The molecule has 0 aromatic rings. The molecule has 10 nitrogen and oxygen atoms in total. The molecule has 0 saturated carbocycles. The van der Waals surface area contributed by atoms with Crippen LogP contribution in [0.4, 0.5) is 0 Å². The van der Waals surface area contributed by atoms with E-state index in [1.807, 2.05) is 48.5 Å². The van der Waals surface area contributed by atoms with Crippen LogP contribution >= 0.6 is 0 Å². The van der Waals surface area contributed by atoms with E-state index in [1.54, 1.807) is 26.4 Å². The van der Waals surface area contributed by atoms with Crippen molar-refractivity contribution in [2.75, 3.05) is 20.8 Å². The fourth-order valence-corrected chi connectivity index (χ4v) is 2.21. The van der Waals surface area contributed by atoms with Crippen molar-refractivity contribution < 1.29 is 38.5 Å². The summed E-state index contributed by atoms with van der Waals surface area (Å²) in [4.78, 5) is 44.6. The van der Waals surface area contributed by atoms with Crippen LogP contribution in [0.3, 0.4) is 0 Å². The van der Waals surface area contributed by atoms with Crippen molar-refractivity contribution in [3.8, 4) is 0 Å². The number of carboxylic acid groups (broad SMARTS) is 1. The van der Waals surface area contributed by atoms with Crippen molar-refractivity contribution >= 4 is 30.0 Å². The number of esters is 1. The number of unbranched alkanes of at least 4 members (excludes halogenated alkanes) is 1. The number of hydrogen-bond donors (Lipinski definition) is 2. The second-order valence-corrected chi connectivity index (χ2v) is 7.71. The number of carbonyl (C=O) groups excluding carboxylic acids is 3. The molecule has 1 heterocycles. The maximum Gasteiger partial charge on any atom is 0.328 e. The summed E-state index contributed by atoms with van der Waals surface area (Å²) in [5, 5.41) is 7.80. The molecule has 3 N–H and O–H groups in total. The van der Waals surface area contributed by atoms with Gasteiger partial charge >= 0.3 is 11.9 Å². The van der Waals surface area contributed by atoms with Gasteiger partial charge in [0.1, 0.15) is 18.7 Å². The van der Waals surface area contributed by atoms with Gasteiger partial charge in [-0.05, 0) is 45.3 Å². The first-order chi connectivity index (χ1) is 17.5. The highest BCUT2D eigenvalue weighted by molar-refractivity contribution is 5.99. The topological polar surface area (TPSA) is 155 Å². The zero-order valence-electron chi connectivity index (χ0n) is 24.2. The lowest BCUT2D eigenvalue weighted by Crippen LogP contribution is -2.21. The fraction of sp³-hybridized carbons (Fsp3) is 0.667. The van der Waals surface area contributed by atoms with Gasteiger partial charge in [-0.2, -0.15) is 4.99 Å². The van der Waals surface area contributed by atoms with Crippen LogP contribution < -0.4 is 5.73 Å². The number of allylic oxidation sites excluding steroid dienone is 2. The van der Waals surface area contributed by atoms with E-state index in [0.717, 1.165) is 37.8 Å². The van der Waals surface area contributed by atoms with Crippen LogP contribution in [0.2, 0.25) is 0 Å². The van der Waals surface area contributed by atoms with Crippen molar-refractivity contribution in [1.29, 1.82) is 0 Å². The Balaban J connectivity index is -0.000000209. The van der Waals surface area contributed by atoms with Crippen LogP contribution in [0.1, 0.15) is 80.6 Å². The lowest BCUT2D eigenvalue weighted by molar-refractivity contribution is -0.151. The summed E-state index contributed by atoms with van der Waals surface area (Å²) in [5.74, 6) is -1.12. The molecule has 0 radical (unpaired) electrons. The molecule has 1 aliphatic rings. The van der Waals surface area contributed by atoms with Gasteiger partial charge in [-0.1, -0.05) is 47.1 Å². The Kier molecular flexibility index (Phi) is 34.8. The van der Waals surface area contributed by atoms with Crippen LogP contribution in [0, 0.1) is 5.92 Å². The Hall–Kier alpha value is -2.85. The van der Waals surface area contributed by atoms with Crippen molar-refractivity contribution in [2.45, 2.75) is 92.8 Å². The second-order valence-electron chi connectivity index (χ2n) is 7.71.